The van der Waals surface area contributed by atoms with Crippen LogP contribution in [0.15, 0.2) is 29.2 Å². The summed E-state index contributed by atoms with van der Waals surface area (Å²) in [6.07, 6.45) is 0. The Kier molecular flexibility index (Phi) is 3.25. The highest BCUT2D eigenvalue weighted by molar-refractivity contribution is 8.85. The summed E-state index contributed by atoms with van der Waals surface area (Å²) in [5.74, 6) is 0.281. The van der Waals surface area contributed by atoms with Crippen LogP contribution < -0.4 is 0 Å². The van der Waals surface area contributed by atoms with E-state index in [1.807, 2.05) is 12.1 Å². The van der Waals surface area contributed by atoms with Gasteiger partial charge < -0.3 is 5.11 Å². The summed E-state index contributed by atoms with van der Waals surface area (Å²) in [7, 11) is 8.02. The first-order chi connectivity index (χ1) is 4.83. The fraction of sp³-hybridized carbons (Fsp3) is 0. The Hall–Kier alpha value is 0.01000. The number of hydrogen-bond acceptors (Lipinski definition) is 3. The second kappa shape index (κ2) is 4.01. The van der Waals surface area contributed by atoms with Crippen LogP contribution in [0.1, 0.15) is 0 Å². The summed E-state index contributed by atoms with van der Waals surface area (Å²) >= 11 is 0. The van der Waals surface area contributed by atoms with Gasteiger partial charge in [-0.05, 0) is 45.7 Å². The molecule has 0 spiro atoms. The molecule has 1 N–H and O–H groups in total. The van der Waals surface area contributed by atoms with Gasteiger partial charge in [-0.1, -0.05) is 0 Å². The Balaban J connectivity index is 2.69. The zero-order chi connectivity index (χ0) is 7.40. The molecule has 0 atom stereocenters. The van der Waals surface area contributed by atoms with Crippen molar-refractivity contribution in [3.8, 4) is 5.75 Å². The van der Waals surface area contributed by atoms with Crippen LogP contribution in [0.3, 0.4) is 0 Å². The molecule has 0 radical (unpaired) electrons. The van der Waals surface area contributed by atoms with Crippen LogP contribution in [0.5, 0.6) is 5.75 Å². The van der Waals surface area contributed by atoms with Crippen molar-refractivity contribution in [3.05, 3.63) is 24.3 Å². The van der Waals surface area contributed by atoms with Crippen LogP contribution in [0, 0.1) is 0 Å². The van der Waals surface area contributed by atoms with E-state index in [0.29, 0.717) is 0 Å². The van der Waals surface area contributed by atoms with E-state index < -0.39 is 0 Å². The summed E-state index contributed by atoms with van der Waals surface area (Å²) in [5, 5.41) is 8.88. The van der Waals surface area contributed by atoms with Crippen LogP contribution in [-0.4, -0.2) is 5.11 Å². The number of phenols is 1. The molecule has 0 aliphatic carbocycles. The molecule has 54 valence electrons. The Labute approximate surface area is 71.7 Å². The highest BCUT2D eigenvalue weighted by Crippen LogP contribution is 2.34. The third kappa shape index (κ3) is 2.33. The molecule has 0 aliphatic heterocycles. The number of rotatable bonds is 2. The van der Waals surface area contributed by atoms with Gasteiger partial charge in [-0.25, -0.2) is 0 Å². The molecule has 1 rings (SSSR count). The van der Waals surface area contributed by atoms with Gasteiger partial charge in [-0.3, -0.25) is 0 Å². The van der Waals surface area contributed by atoms with Crippen LogP contribution in [0.2, 0.25) is 0 Å². The van der Waals surface area contributed by atoms with Crippen molar-refractivity contribution in [2.24, 2.45) is 0 Å². The lowest BCUT2D eigenvalue weighted by atomic mass is 10.3. The van der Waals surface area contributed by atoms with Crippen LogP contribution >= 0.6 is 31.5 Å². The minimum Gasteiger partial charge on any atom is -0.508 e. The minimum atomic E-state index is 0.281. The molecule has 0 saturated carbocycles. The van der Waals surface area contributed by atoms with Crippen LogP contribution in [0.25, 0.3) is 0 Å². The summed E-state index contributed by atoms with van der Waals surface area (Å²) in [6.45, 7) is 0. The highest BCUT2D eigenvalue weighted by Gasteiger charge is 1.91. The lowest BCUT2D eigenvalue weighted by molar-refractivity contribution is 0.475. The van der Waals surface area contributed by atoms with E-state index in [-0.39, 0.29) is 5.75 Å². The smallest absolute Gasteiger partial charge is 0.115 e. The molecule has 0 fully saturated rings. The first-order valence-corrected chi connectivity index (χ1v) is 5.55. The Morgan fingerprint density at radius 1 is 1.20 bits per heavy atom. The molecule has 0 bridgehead atoms. The molecular weight excluding hydrogens is 188 g/mol. The first-order valence-electron chi connectivity index (χ1n) is 2.57. The average Bonchev–Trinajstić information content (AvgIpc) is 1.95. The van der Waals surface area contributed by atoms with Gasteiger partial charge in [0, 0.05) is 14.9 Å². The van der Waals surface area contributed by atoms with Gasteiger partial charge in [0.25, 0.3) is 0 Å². The van der Waals surface area contributed by atoms with E-state index in [0.717, 1.165) is 4.90 Å². The predicted octanol–water partition coefficient (Wildman–Crippen LogP) is 3.29. The van der Waals surface area contributed by atoms with Gasteiger partial charge in [0.15, 0.2) is 0 Å². The van der Waals surface area contributed by atoms with Crippen molar-refractivity contribution < 1.29 is 5.11 Å². The number of aromatic hydroxyl groups is 1. The molecular formula is C6H5ClOS2. The second-order valence-corrected chi connectivity index (χ2v) is 4.42. The molecule has 1 nitrogen and oxygen atoms in total. The van der Waals surface area contributed by atoms with Gasteiger partial charge in [-0.15, -0.1) is 0 Å². The van der Waals surface area contributed by atoms with Crippen molar-refractivity contribution in [2.45, 2.75) is 4.90 Å². The zero-order valence-corrected chi connectivity index (χ0v) is 7.34. The third-order valence-corrected chi connectivity index (χ3v) is 2.83. The maximum atomic E-state index is 8.88. The van der Waals surface area contributed by atoms with Crippen molar-refractivity contribution >= 4 is 31.5 Å². The van der Waals surface area contributed by atoms with E-state index in [4.69, 9.17) is 15.8 Å². The van der Waals surface area contributed by atoms with Gasteiger partial charge in [0.1, 0.15) is 5.75 Å². The molecule has 0 aliphatic rings. The number of benzene rings is 1. The number of hydrogen-bond donors (Lipinski definition) is 1. The van der Waals surface area contributed by atoms with Gasteiger partial charge in [0.05, 0.1) is 0 Å². The normalized spacial score (nSPS) is 9.70. The molecule has 0 amide bonds. The largest absolute Gasteiger partial charge is 0.508 e. The highest BCUT2D eigenvalue weighted by atomic mass is 35.7. The molecule has 0 aromatic heterocycles. The van der Waals surface area contributed by atoms with E-state index in [9.17, 15) is 0 Å². The Morgan fingerprint density at radius 2 is 1.80 bits per heavy atom. The SMILES string of the molecule is Oc1ccc(SSCl)cc1. The monoisotopic (exact) mass is 192 g/mol. The fourth-order valence-electron chi connectivity index (χ4n) is 0.538. The molecule has 1 aromatic rings. The Bertz CT molecular complexity index is 199. The topological polar surface area (TPSA) is 20.2 Å². The maximum absolute atomic E-state index is 8.88. The number of phenolic OH excluding ortho intramolecular Hbond substituents is 1. The van der Waals surface area contributed by atoms with Crippen molar-refractivity contribution in [2.75, 3.05) is 0 Å². The molecule has 0 saturated heterocycles. The summed E-state index contributed by atoms with van der Waals surface area (Å²) in [4.78, 5) is 1.04. The lowest BCUT2D eigenvalue weighted by Gasteiger charge is -1.94. The average molecular weight is 193 g/mol. The molecule has 10 heavy (non-hydrogen) atoms. The number of halogens is 1. The molecule has 0 heterocycles. The molecule has 1 aromatic carbocycles. The summed E-state index contributed by atoms with van der Waals surface area (Å²) in [6, 6.07) is 6.90. The van der Waals surface area contributed by atoms with Crippen molar-refractivity contribution in [1.29, 1.82) is 0 Å². The maximum Gasteiger partial charge on any atom is 0.115 e. The second-order valence-electron chi connectivity index (χ2n) is 1.64. The van der Waals surface area contributed by atoms with Crippen molar-refractivity contribution in [1.82, 2.24) is 0 Å². The van der Waals surface area contributed by atoms with E-state index in [1.54, 1.807) is 12.1 Å². The fourth-order valence-corrected chi connectivity index (χ4v) is 2.06. The molecule has 4 heteroatoms. The van der Waals surface area contributed by atoms with E-state index in [1.165, 1.54) is 20.8 Å². The minimum absolute atomic E-state index is 0.281. The van der Waals surface area contributed by atoms with E-state index >= 15 is 0 Å². The van der Waals surface area contributed by atoms with Gasteiger partial charge >= 0.3 is 0 Å². The summed E-state index contributed by atoms with van der Waals surface area (Å²) in [5.41, 5.74) is 0. The summed E-state index contributed by atoms with van der Waals surface area (Å²) < 4.78 is 0. The third-order valence-electron chi connectivity index (χ3n) is 0.964. The van der Waals surface area contributed by atoms with Gasteiger partial charge in [-0.2, -0.15) is 0 Å². The lowest BCUT2D eigenvalue weighted by Crippen LogP contribution is -1.65. The van der Waals surface area contributed by atoms with E-state index in [2.05, 4.69) is 0 Å². The van der Waals surface area contributed by atoms with Crippen LogP contribution in [-0.2, 0) is 0 Å². The van der Waals surface area contributed by atoms with Gasteiger partial charge in [0.2, 0.25) is 0 Å². The standard InChI is InChI=1S/C6H5ClOS2/c7-10-9-6-3-1-5(8)2-4-6/h1-4,8H. The quantitative estimate of drug-likeness (QED) is 0.727. The molecule has 0 unspecified atom stereocenters. The predicted molar refractivity (Wildman–Crippen MR) is 47.4 cm³/mol. The Morgan fingerprint density at radius 3 is 2.30 bits per heavy atom. The zero-order valence-electron chi connectivity index (χ0n) is 4.95. The van der Waals surface area contributed by atoms with Crippen molar-refractivity contribution in [3.63, 3.8) is 0 Å². The van der Waals surface area contributed by atoms with Crippen LogP contribution in [0.4, 0.5) is 0 Å². The first kappa shape index (κ1) is 8.11.